The van der Waals surface area contributed by atoms with E-state index in [-0.39, 0.29) is 12.4 Å². The smallest absolute Gasteiger partial charge is 0.338 e. The van der Waals surface area contributed by atoms with Gasteiger partial charge in [0.2, 0.25) is 0 Å². The Morgan fingerprint density at radius 2 is 1.75 bits per heavy atom. The summed E-state index contributed by atoms with van der Waals surface area (Å²) in [5.41, 5.74) is -2.59. The van der Waals surface area contributed by atoms with Gasteiger partial charge in [-0.1, -0.05) is 13.8 Å². The third kappa shape index (κ3) is 4.00. The molecule has 134 valence electrons. The van der Waals surface area contributed by atoms with Gasteiger partial charge in [-0.2, -0.15) is 8.78 Å². The lowest BCUT2D eigenvalue weighted by Gasteiger charge is -2.40. The molecule has 1 aromatic carbocycles. The second-order valence-corrected chi connectivity index (χ2v) is 5.59. The highest BCUT2D eigenvalue weighted by Crippen LogP contribution is 2.38. The van der Waals surface area contributed by atoms with Crippen LogP contribution < -0.4 is 9.84 Å². The molecule has 24 heavy (non-hydrogen) atoms. The van der Waals surface area contributed by atoms with Gasteiger partial charge in [-0.05, 0) is 37.1 Å². The van der Waals surface area contributed by atoms with E-state index < -0.39 is 29.4 Å². The fourth-order valence-electron chi connectivity index (χ4n) is 1.81. The van der Waals surface area contributed by atoms with Gasteiger partial charge >= 0.3 is 11.9 Å². The average molecular weight is 345 g/mol. The van der Waals surface area contributed by atoms with Crippen molar-refractivity contribution in [2.45, 2.75) is 32.3 Å². The second kappa shape index (κ2) is 7.57. The summed E-state index contributed by atoms with van der Waals surface area (Å²) in [5, 5.41) is 10.8. The molecule has 1 aromatic rings. The molecule has 0 saturated carbocycles. The summed E-state index contributed by atoms with van der Waals surface area (Å²) in [6.07, 6.45) is 0. The Morgan fingerprint density at radius 3 is 2.17 bits per heavy atom. The number of esters is 1. The fraction of sp³-hybridized carbons (Fsp3) is 0.500. The number of carboxylic acids is 1. The van der Waals surface area contributed by atoms with Crippen LogP contribution in [0.15, 0.2) is 24.3 Å². The van der Waals surface area contributed by atoms with Crippen LogP contribution in [0, 0.1) is 5.92 Å². The van der Waals surface area contributed by atoms with Crippen molar-refractivity contribution in [2.24, 2.45) is 5.92 Å². The van der Waals surface area contributed by atoms with Gasteiger partial charge in [0, 0.05) is 7.11 Å². The molecule has 1 unspecified atom stereocenters. The Hall–Kier alpha value is -2.22. The summed E-state index contributed by atoms with van der Waals surface area (Å²) < 4.78 is 42.6. The number of benzene rings is 1. The molecule has 0 aliphatic heterocycles. The second-order valence-electron chi connectivity index (χ2n) is 5.59. The van der Waals surface area contributed by atoms with Gasteiger partial charge in [-0.25, -0.2) is 4.79 Å². The van der Waals surface area contributed by atoms with Gasteiger partial charge in [0.05, 0.1) is 5.56 Å². The highest BCUT2D eigenvalue weighted by atomic mass is 19.3. The highest BCUT2D eigenvalue weighted by Gasteiger charge is 2.56. The highest BCUT2D eigenvalue weighted by molar-refractivity contribution is 5.90. The minimum atomic E-state index is -4.35. The van der Waals surface area contributed by atoms with Crippen molar-refractivity contribution in [1.29, 1.82) is 0 Å². The molecule has 0 heterocycles. The average Bonchev–Trinajstić information content (AvgIpc) is 2.52. The number of carboxylic acid groups (broad SMARTS) is 1. The van der Waals surface area contributed by atoms with Crippen LogP contribution >= 0.6 is 0 Å². The number of hydrogen-bond acceptors (Lipinski definition) is 6. The minimum absolute atomic E-state index is 0.00699. The third-order valence-corrected chi connectivity index (χ3v) is 3.72. The van der Waals surface area contributed by atoms with Crippen LogP contribution in [0.2, 0.25) is 0 Å². The SMILES string of the molecule is COCOc1ccc(C(=O)OC(C)(C(C)C)C(F)(F)C(=O)[O-])cc1. The molecule has 0 saturated heterocycles. The van der Waals surface area contributed by atoms with E-state index in [9.17, 15) is 23.5 Å². The molecule has 6 nitrogen and oxygen atoms in total. The molecule has 0 bridgehead atoms. The van der Waals surface area contributed by atoms with E-state index in [2.05, 4.69) is 0 Å². The molecule has 8 heteroatoms. The van der Waals surface area contributed by atoms with Crippen molar-refractivity contribution >= 4 is 11.9 Å². The van der Waals surface area contributed by atoms with E-state index in [1.165, 1.54) is 45.2 Å². The van der Waals surface area contributed by atoms with Crippen molar-refractivity contribution in [3.8, 4) is 5.75 Å². The van der Waals surface area contributed by atoms with E-state index in [4.69, 9.17) is 14.2 Å². The zero-order chi connectivity index (χ0) is 18.5. The Morgan fingerprint density at radius 1 is 1.21 bits per heavy atom. The van der Waals surface area contributed by atoms with E-state index >= 15 is 0 Å². The largest absolute Gasteiger partial charge is 0.544 e. The molecule has 0 aliphatic rings. The van der Waals surface area contributed by atoms with Crippen molar-refractivity contribution in [2.75, 3.05) is 13.9 Å². The van der Waals surface area contributed by atoms with Gasteiger partial charge in [0.25, 0.3) is 0 Å². The molecule has 0 aromatic heterocycles. The molecule has 0 radical (unpaired) electrons. The number of alkyl halides is 2. The number of carbonyl (C=O) groups is 2. The van der Waals surface area contributed by atoms with Gasteiger partial charge in [-0.3, -0.25) is 0 Å². The summed E-state index contributed by atoms with van der Waals surface area (Å²) in [7, 11) is 1.44. The van der Waals surface area contributed by atoms with Crippen molar-refractivity contribution in [1.82, 2.24) is 0 Å². The number of methoxy groups -OCH3 is 1. The molecule has 1 rings (SSSR count). The first-order valence-electron chi connectivity index (χ1n) is 7.10. The first-order chi connectivity index (χ1) is 11.1. The quantitative estimate of drug-likeness (QED) is 0.526. The number of rotatable bonds is 8. The number of aliphatic carboxylic acids is 1. The Balaban J connectivity index is 2.99. The third-order valence-electron chi connectivity index (χ3n) is 3.72. The summed E-state index contributed by atoms with van der Waals surface area (Å²) in [5.74, 6) is -8.60. The summed E-state index contributed by atoms with van der Waals surface area (Å²) in [6.45, 7) is 3.52. The van der Waals surface area contributed by atoms with Gasteiger partial charge in [-0.15, -0.1) is 0 Å². The fourth-order valence-corrected chi connectivity index (χ4v) is 1.81. The van der Waals surface area contributed by atoms with Crippen molar-refractivity contribution < 1.29 is 37.7 Å². The lowest BCUT2D eigenvalue weighted by atomic mass is 9.85. The van der Waals surface area contributed by atoms with Crippen molar-refractivity contribution in [3.63, 3.8) is 0 Å². The molecule has 0 amide bonds. The lowest BCUT2D eigenvalue weighted by molar-refractivity contribution is -0.345. The van der Waals surface area contributed by atoms with Crippen LogP contribution in [-0.2, 0) is 14.3 Å². The van der Waals surface area contributed by atoms with E-state index in [0.717, 1.165) is 6.92 Å². The summed E-state index contributed by atoms with van der Waals surface area (Å²) in [6, 6.07) is 5.48. The number of halogens is 2. The molecule has 0 spiro atoms. The standard InChI is InChI=1S/C16H20F2O6/c1-10(2)15(3,16(17,18)14(20)21)24-13(19)11-5-7-12(8-6-11)23-9-22-4/h5-8,10H,9H2,1-4H3,(H,20,21)/p-1. The van der Waals surface area contributed by atoms with Gasteiger partial charge in [0.15, 0.2) is 12.4 Å². The Labute approximate surface area is 138 Å². The maximum absolute atomic E-state index is 14.0. The van der Waals surface area contributed by atoms with Crippen LogP contribution in [-0.4, -0.2) is 37.4 Å². The topological polar surface area (TPSA) is 84.9 Å². The Bertz CT molecular complexity index is 585. The van der Waals surface area contributed by atoms with Crippen LogP contribution in [0.3, 0.4) is 0 Å². The zero-order valence-electron chi connectivity index (χ0n) is 13.8. The van der Waals surface area contributed by atoms with Crippen LogP contribution in [0.25, 0.3) is 0 Å². The van der Waals surface area contributed by atoms with E-state index in [1.54, 1.807) is 0 Å². The lowest BCUT2D eigenvalue weighted by Crippen LogP contribution is -2.61. The zero-order valence-corrected chi connectivity index (χ0v) is 13.8. The van der Waals surface area contributed by atoms with E-state index in [0.29, 0.717) is 5.75 Å². The summed E-state index contributed by atoms with van der Waals surface area (Å²) >= 11 is 0. The van der Waals surface area contributed by atoms with Crippen LogP contribution in [0.1, 0.15) is 31.1 Å². The number of hydrogen-bond donors (Lipinski definition) is 0. The minimum Gasteiger partial charge on any atom is -0.544 e. The predicted octanol–water partition coefficient (Wildman–Crippen LogP) is 1.63. The first kappa shape index (κ1) is 19.8. The van der Waals surface area contributed by atoms with Crippen molar-refractivity contribution in [3.05, 3.63) is 29.8 Å². The monoisotopic (exact) mass is 345 g/mol. The molecule has 0 N–H and O–H groups in total. The van der Waals surface area contributed by atoms with E-state index in [1.807, 2.05) is 0 Å². The Kier molecular flexibility index (Phi) is 6.25. The molecule has 0 fully saturated rings. The predicted molar refractivity (Wildman–Crippen MR) is 77.6 cm³/mol. The van der Waals surface area contributed by atoms with Gasteiger partial charge < -0.3 is 24.1 Å². The number of ether oxygens (including phenoxy) is 3. The molecular weight excluding hydrogens is 326 g/mol. The first-order valence-corrected chi connectivity index (χ1v) is 7.10. The number of carbonyl (C=O) groups excluding carboxylic acids is 2. The maximum atomic E-state index is 14.0. The van der Waals surface area contributed by atoms with Crippen LogP contribution in [0.4, 0.5) is 8.78 Å². The van der Waals surface area contributed by atoms with Gasteiger partial charge in [0.1, 0.15) is 11.7 Å². The molecule has 0 aliphatic carbocycles. The molecule has 1 atom stereocenters. The summed E-state index contributed by atoms with van der Waals surface area (Å²) in [4.78, 5) is 22.9. The maximum Gasteiger partial charge on any atom is 0.338 e. The normalized spacial score (nSPS) is 14.1. The molecular formula is C16H19F2O6-. The van der Waals surface area contributed by atoms with Crippen LogP contribution in [0.5, 0.6) is 5.75 Å².